The van der Waals surface area contributed by atoms with Crippen molar-refractivity contribution >= 4 is 50.6 Å². The number of hydrogen-bond acceptors (Lipinski definition) is 4. The first-order valence-electron chi connectivity index (χ1n) is 7.31. The predicted octanol–water partition coefficient (Wildman–Crippen LogP) is 5.61. The number of para-hydroxylation sites is 1. The Hall–Kier alpha value is -1.63. The first-order chi connectivity index (χ1) is 11.6. The number of thioether (sulfide) groups is 1. The van der Waals surface area contributed by atoms with Crippen molar-refractivity contribution in [3.63, 3.8) is 0 Å². The summed E-state index contributed by atoms with van der Waals surface area (Å²) in [6.45, 7) is 1.98. The molecular weight excluding hydrogens is 404 g/mol. The van der Waals surface area contributed by atoms with Gasteiger partial charge in [-0.2, -0.15) is 0 Å². The summed E-state index contributed by atoms with van der Waals surface area (Å²) in [7, 11) is 0. The molecule has 1 N–H and O–H groups in total. The zero-order valence-electron chi connectivity index (χ0n) is 13.0. The highest BCUT2D eigenvalue weighted by Crippen LogP contribution is 2.29. The van der Waals surface area contributed by atoms with Crippen LogP contribution in [-0.2, 0) is 4.79 Å². The molecule has 3 nitrogen and oxygen atoms in total. The number of rotatable bonds is 5. The van der Waals surface area contributed by atoms with E-state index >= 15 is 0 Å². The van der Waals surface area contributed by atoms with Gasteiger partial charge >= 0.3 is 0 Å². The molecule has 1 amide bonds. The maximum Gasteiger partial charge on any atom is 0.234 e. The van der Waals surface area contributed by atoms with E-state index in [0.717, 1.165) is 31.3 Å². The van der Waals surface area contributed by atoms with Gasteiger partial charge < -0.3 is 5.32 Å². The van der Waals surface area contributed by atoms with Crippen molar-refractivity contribution in [2.75, 3.05) is 11.1 Å². The summed E-state index contributed by atoms with van der Waals surface area (Å²) in [5.74, 6) is 0.330. The molecule has 6 heteroatoms. The molecule has 0 saturated carbocycles. The lowest BCUT2D eigenvalue weighted by Gasteiger charge is -2.06. The number of aryl methyl sites for hydroxylation is 1. The molecule has 122 valence electrons. The van der Waals surface area contributed by atoms with E-state index in [1.165, 1.54) is 11.8 Å². The van der Waals surface area contributed by atoms with Crippen molar-refractivity contribution < 1.29 is 4.79 Å². The third-order valence-corrected chi connectivity index (χ3v) is 5.92. The van der Waals surface area contributed by atoms with Crippen LogP contribution in [0.4, 0.5) is 5.69 Å². The lowest BCUT2D eigenvalue weighted by Crippen LogP contribution is -2.14. The van der Waals surface area contributed by atoms with Crippen molar-refractivity contribution in [3.8, 4) is 11.3 Å². The molecule has 0 fully saturated rings. The number of hydrogen-bond donors (Lipinski definition) is 1. The molecule has 0 saturated heterocycles. The molecule has 1 heterocycles. The Morgan fingerprint density at radius 1 is 1.21 bits per heavy atom. The van der Waals surface area contributed by atoms with Crippen LogP contribution in [0.5, 0.6) is 0 Å². The van der Waals surface area contributed by atoms with Crippen LogP contribution in [0.25, 0.3) is 11.3 Å². The zero-order valence-corrected chi connectivity index (χ0v) is 16.2. The fourth-order valence-corrected chi connectivity index (χ4v) is 4.00. The first kappa shape index (κ1) is 17.2. The van der Waals surface area contributed by atoms with Gasteiger partial charge in [-0.1, -0.05) is 58.0 Å². The average Bonchev–Trinajstić information content (AvgIpc) is 3.05. The van der Waals surface area contributed by atoms with E-state index in [1.54, 1.807) is 11.3 Å². The number of aromatic nitrogens is 1. The summed E-state index contributed by atoms with van der Waals surface area (Å²) in [4.78, 5) is 16.7. The van der Waals surface area contributed by atoms with Crippen LogP contribution in [0.3, 0.4) is 0 Å². The minimum atomic E-state index is -0.0188. The largest absolute Gasteiger partial charge is 0.325 e. The number of nitrogens with one attached hydrogen (secondary N) is 1. The van der Waals surface area contributed by atoms with E-state index in [4.69, 9.17) is 0 Å². The van der Waals surface area contributed by atoms with Gasteiger partial charge in [0.15, 0.2) is 4.34 Å². The molecule has 0 aliphatic carbocycles. The van der Waals surface area contributed by atoms with E-state index in [0.29, 0.717) is 5.75 Å². The molecule has 1 aromatic heterocycles. The van der Waals surface area contributed by atoms with Crippen LogP contribution < -0.4 is 5.32 Å². The molecule has 0 spiro atoms. The average molecular weight is 419 g/mol. The molecule has 24 heavy (non-hydrogen) atoms. The number of nitrogens with zero attached hydrogens (tertiary/aromatic N) is 1. The van der Waals surface area contributed by atoms with Gasteiger partial charge in [-0.3, -0.25) is 4.79 Å². The molecule has 0 bridgehead atoms. The Kier molecular flexibility index (Phi) is 5.71. The fraction of sp³-hybridized carbons (Fsp3) is 0.111. The molecule has 3 aromatic rings. The highest BCUT2D eigenvalue weighted by molar-refractivity contribution is 9.10. The molecule has 0 radical (unpaired) electrons. The van der Waals surface area contributed by atoms with Crippen LogP contribution in [0.15, 0.2) is 62.7 Å². The predicted molar refractivity (Wildman–Crippen MR) is 106 cm³/mol. The Labute approximate surface area is 157 Å². The minimum absolute atomic E-state index is 0.0188. The summed E-state index contributed by atoms with van der Waals surface area (Å²) in [6, 6.07) is 15.8. The van der Waals surface area contributed by atoms with E-state index < -0.39 is 0 Å². The van der Waals surface area contributed by atoms with Gasteiger partial charge in [0.1, 0.15) is 0 Å². The van der Waals surface area contributed by atoms with Gasteiger partial charge in [0.25, 0.3) is 0 Å². The third-order valence-electron chi connectivity index (χ3n) is 3.37. The quantitative estimate of drug-likeness (QED) is 0.547. The van der Waals surface area contributed by atoms with E-state index in [-0.39, 0.29) is 5.91 Å². The van der Waals surface area contributed by atoms with Crippen LogP contribution in [-0.4, -0.2) is 16.6 Å². The van der Waals surface area contributed by atoms with Crippen molar-refractivity contribution in [3.05, 3.63) is 63.9 Å². The molecule has 2 aromatic carbocycles. The lowest BCUT2D eigenvalue weighted by atomic mass is 10.2. The smallest absolute Gasteiger partial charge is 0.234 e. The third kappa shape index (κ3) is 4.47. The Bertz CT molecular complexity index is 846. The van der Waals surface area contributed by atoms with Crippen molar-refractivity contribution in [2.45, 2.75) is 11.3 Å². The van der Waals surface area contributed by atoms with Gasteiger partial charge in [-0.25, -0.2) is 4.98 Å². The molecular formula is C18H15BrN2OS2. The van der Waals surface area contributed by atoms with Gasteiger partial charge in [-0.05, 0) is 30.7 Å². The van der Waals surface area contributed by atoms with Crippen LogP contribution in [0.2, 0.25) is 0 Å². The van der Waals surface area contributed by atoms with E-state index in [1.807, 2.05) is 60.8 Å². The number of anilines is 1. The summed E-state index contributed by atoms with van der Waals surface area (Å²) in [6.07, 6.45) is 0. The van der Waals surface area contributed by atoms with Crippen molar-refractivity contribution in [1.82, 2.24) is 4.98 Å². The Morgan fingerprint density at radius 2 is 1.96 bits per heavy atom. The van der Waals surface area contributed by atoms with Crippen molar-refractivity contribution in [1.29, 1.82) is 0 Å². The number of amides is 1. The minimum Gasteiger partial charge on any atom is -0.325 e. The highest BCUT2D eigenvalue weighted by atomic mass is 79.9. The van der Waals surface area contributed by atoms with E-state index in [9.17, 15) is 4.79 Å². The van der Waals surface area contributed by atoms with Crippen molar-refractivity contribution in [2.24, 2.45) is 0 Å². The first-order valence-corrected chi connectivity index (χ1v) is 9.97. The van der Waals surface area contributed by atoms with Crippen LogP contribution >= 0.6 is 39.0 Å². The SMILES string of the molecule is Cc1ccccc1NC(=O)CSc1nc(-c2ccc(Br)cc2)cs1. The lowest BCUT2D eigenvalue weighted by molar-refractivity contribution is -0.113. The second-order valence-corrected chi connectivity index (χ2v) is 8.15. The standard InChI is InChI=1S/C18H15BrN2OS2/c1-12-4-2-3-5-15(12)20-17(22)11-24-18-21-16(10-23-18)13-6-8-14(19)9-7-13/h2-10H,11H2,1H3,(H,20,22). The number of benzene rings is 2. The molecule has 0 atom stereocenters. The Balaban J connectivity index is 1.58. The van der Waals surface area contributed by atoms with Gasteiger partial charge in [0.05, 0.1) is 11.4 Å². The van der Waals surface area contributed by atoms with E-state index in [2.05, 4.69) is 26.2 Å². The van der Waals surface area contributed by atoms with Gasteiger partial charge in [0.2, 0.25) is 5.91 Å². The van der Waals surface area contributed by atoms with Crippen LogP contribution in [0.1, 0.15) is 5.56 Å². The normalized spacial score (nSPS) is 10.6. The maximum absolute atomic E-state index is 12.1. The second kappa shape index (κ2) is 7.96. The topological polar surface area (TPSA) is 42.0 Å². The highest BCUT2D eigenvalue weighted by Gasteiger charge is 2.09. The second-order valence-electron chi connectivity index (χ2n) is 5.16. The van der Waals surface area contributed by atoms with Gasteiger partial charge in [0, 0.05) is 21.1 Å². The van der Waals surface area contributed by atoms with Gasteiger partial charge in [-0.15, -0.1) is 11.3 Å². The number of halogens is 1. The summed E-state index contributed by atoms with van der Waals surface area (Å²) in [5, 5.41) is 4.96. The number of carbonyl (C=O) groups is 1. The molecule has 0 aliphatic heterocycles. The zero-order chi connectivity index (χ0) is 16.9. The number of thiazole rings is 1. The summed E-state index contributed by atoms with van der Waals surface area (Å²) < 4.78 is 1.94. The summed E-state index contributed by atoms with van der Waals surface area (Å²) in [5.41, 5.74) is 3.93. The Morgan fingerprint density at radius 3 is 2.71 bits per heavy atom. The maximum atomic E-state index is 12.1. The van der Waals surface area contributed by atoms with Crippen LogP contribution in [0, 0.1) is 6.92 Å². The number of carbonyl (C=O) groups excluding carboxylic acids is 1. The summed E-state index contributed by atoms with van der Waals surface area (Å²) >= 11 is 6.45. The monoisotopic (exact) mass is 418 g/mol. The molecule has 0 aliphatic rings. The molecule has 0 unspecified atom stereocenters. The fourth-order valence-electron chi connectivity index (χ4n) is 2.10. The molecule has 3 rings (SSSR count).